The van der Waals surface area contributed by atoms with Crippen molar-refractivity contribution in [2.75, 3.05) is 26.2 Å². The van der Waals surface area contributed by atoms with Crippen LogP contribution >= 0.6 is 0 Å². The average Bonchev–Trinajstić information content (AvgIpc) is 3.26. The van der Waals surface area contributed by atoms with Crippen molar-refractivity contribution in [3.8, 4) is 0 Å². The van der Waals surface area contributed by atoms with Crippen LogP contribution in [0.1, 0.15) is 57.2 Å². The number of aromatic amines is 1. The monoisotopic (exact) mass is 403 g/mol. The van der Waals surface area contributed by atoms with Crippen LogP contribution in [0.5, 0.6) is 0 Å². The van der Waals surface area contributed by atoms with Gasteiger partial charge in [-0.25, -0.2) is 4.39 Å². The molecule has 1 saturated carbocycles. The fourth-order valence-corrected chi connectivity index (χ4v) is 4.53. The number of hydrogen-bond acceptors (Lipinski definition) is 5. The molecule has 1 aromatic heterocycles. The predicted molar refractivity (Wildman–Crippen MR) is 116 cm³/mol. The molecule has 160 valence electrons. The van der Waals surface area contributed by atoms with E-state index >= 15 is 0 Å². The lowest BCUT2D eigenvalue weighted by atomic mass is 10.0. The molecule has 1 aliphatic carbocycles. The maximum absolute atomic E-state index is 13.0. The number of hydrogen-bond donors (Lipinski definition) is 2. The number of aryl methyl sites for hydroxylation is 1. The van der Waals surface area contributed by atoms with E-state index in [-0.39, 0.29) is 17.7 Å². The average molecular weight is 404 g/mol. The Morgan fingerprint density at radius 1 is 1.14 bits per heavy atom. The maximum atomic E-state index is 13.0. The number of halogens is 1. The number of H-pyrrole nitrogens is 1. The van der Waals surface area contributed by atoms with Crippen LogP contribution in [0.2, 0.25) is 0 Å². The number of aliphatic imine (C=N–C) groups is 1. The second kappa shape index (κ2) is 10.2. The minimum atomic E-state index is -0.327. The first-order chi connectivity index (χ1) is 14.1. The number of nitrogens with one attached hydrogen (secondary N) is 2. The molecular weight excluding hydrogens is 369 g/mol. The van der Waals surface area contributed by atoms with Crippen molar-refractivity contribution in [3.63, 3.8) is 0 Å². The fourth-order valence-electron chi connectivity index (χ4n) is 4.53. The molecule has 3 heterocycles. The molecule has 0 spiro atoms. The van der Waals surface area contributed by atoms with Gasteiger partial charge in [-0.05, 0) is 31.7 Å². The SMILES string of the molecule is CC.CCc1ccc([C@@H]2CC[C@H](N3CCN(C4N=CC(F)=CN4)CC3)C2)[nH]c1=O. The zero-order valence-corrected chi connectivity index (χ0v) is 17.8. The third-order valence-corrected chi connectivity index (χ3v) is 6.16. The van der Waals surface area contributed by atoms with Crippen LogP contribution in [0, 0.1) is 0 Å². The largest absolute Gasteiger partial charge is 0.355 e. The van der Waals surface area contributed by atoms with E-state index in [1.54, 1.807) is 0 Å². The molecule has 3 aliphatic rings. The Hall–Kier alpha value is -1.99. The van der Waals surface area contributed by atoms with Gasteiger partial charge in [-0.3, -0.25) is 19.6 Å². The van der Waals surface area contributed by atoms with Crippen LogP contribution in [-0.4, -0.2) is 59.5 Å². The molecule has 7 heteroatoms. The Bertz CT molecular complexity index is 782. The van der Waals surface area contributed by atoms with E-state index in [9.17, 15) is 9.18 Å². The van der Waals surface area contributed by atoms with E-state index in [4.69, 9.17) is 0 Å². The smallest absolute Gasteiger partial charge is 0.251 e. The Labute approximate surface area is 172 Å². The number of rotatable bonds is 4. The first-order valence-electron chi connectivity index (χ1n) is 11.0. The Kier molecular flexibility index (Phi) is 7.61. The van der Waals surface area contributed by atoms with E-state index in [0.717, 1.165) is 56.7 Å². The Balaban J connectivity index is 0.00000117. The van der Waals surface area contributed by atoms with Crippen LogP contribution in [0.25, 0.3) is 0 Å². The lowest BCUT2D eigenvalue weighted by molar-refractivity contribution is 0.0655. The Morgan fingerprint density at radius 3 is 2.48 bits per heavy atom. The number of allylic oxidation sites excluding steroid dienone is 1. The molecule has 2 aliphatic heterocycles. The molecule has 4 rings (SSSR count). The summed E-state index contributed by atoms with van der Waals surface area (Å²) in [6.45, 7) is 9.86. The highest BCUT2D eigenvalue weighted by molar-refractivity contribution is 5.76. The van der Waals surface area contributed by atoms with Gasteiger partial charge < -0.3 is 10.3 Å². The second-order valence-electron chi connectivity index (χ2n) is 7.71. The first-order valence-corrected chi connectivity index (χ1v) is 11.0. The quantitative estimate of drug-likeness (QED) is 0.811. The van der Waals surface area contributed by atoms with Crippen molar-refractivity contribution in [3.05, 3.63) is 45.8 Å². The van der Waals surface area contributed by atoms with Crippen molar-refractivity contribution in [2.24, 2.45) is 4.99 Å². The highest BCUT2D eigenvalue weighted by Gasteiger charge is 2.33. The minimum absolute atomic E-state index is 0.0677. The van der Waals surface area contributed by atoms with E-state index in [0.29, 0.717) is 12.0 Å². The van der Waals surface area contributed by atoms with E-state index < -0.39 is 0 Å². The topological polar surface area (TPSA) is 63.7 Å². The van der Waals surface area contributed by atoms with Crippen LogP contribution in [0.15, 0.2) is 33.9 Å². The van der Waals surface area contributed by atoms with Crippen LogP contribution < -0.4 is 10.9 Å². The molecule has 0 radical (unpaired) electrons. The summed E-state index contributed by atoms with van der Waals surface area (Å²) >= 11 is 0. The van der Waals surface area contributed by atoms with Gasteiger partial charge in [0.25, 0.3) is 5.56 Å². The van der Waals surface area contributed by atoms with Crippen molar-refractivity contribution in [2.45, 2.75) is 64.7 Å². The summed E-state index contributed by atoms with van der Waals surface area (Å²) < 4.78 is 13.0. The molecule has 0 bridgehead atoms. The zero-order valence-electron chi connectivity index (χ0n) is 17.8. The normalized spacial score (nSPS) is 27.7. The molecule has 29 heavy (non-hydrogen) atoms. The lowest BCUT2D eigenvalue weighted by Crippen LogP contribution is -2.55. The molecule has 3 atom stereocenters. The number of nitrogens with zero attached hydrogens (tertiary/aromatic N) is 3. The number of pyridine rings is 1. The third kappa shape index (κ3) is 5.14. The molecular formula is C22H34FN5O. The molecule has 1 aromatic rings. The van der Waals surface area contributed by atoms with Crippen LogP contribution in [0.3, 0.4) is 0 Å². The third-order valence-electron chi connectivity index (χ3n) is 6.16. The van der Waals surface area contributed by atoms with Crippen molar-refractivity contribution in [1.82, 2.24) is 20.1 Å². The van der Waals surface area contributed by atoms with Crippen LogP contribution in [0.4, 0.5) is 4.39 Å². The van der Waals surface area contributed by atoms with E-state index in [1.165, 1.54) is 18.8 Å². The Morgan fingerprint density at radius 2 is 1.86 bits per heavy atom. The standard InChI is InChI=1S/C20H28FN5O.C2H6/c1-2-14-4-6-18(24-19(14)27)15-3-5-17(11-15)25-7-9-26(10-8-25)20-22-12-16(21)13-23-20;1-2/h4,6,12-13,15,17,20,22H,2-3,5,7-11H2,1H3,(H,24,27);1-2H3/t15-,17+,20?;/m1./s1. The molecule has 2 N–H and O–H groups in total. The van der Waals surface area contributed by atoms with Gasteiger partial charge in [0, 0.05) is 55.6 Å². The summed E-state index contributed by atoms with van der Waals surface area (Å²) in [6, 6.07) is 4.66. The molecule has 1 unspecified atom stereocenters. The molecule has 0 aromatic carbocycles. The summed E-state index contributed by atoms with van der Waals surface area (Å²) in [5.74, 6) is 0.122. The van der Waals surface area contributed by atoms with Crippen molar-refractivity contribution >= 4 is 6.21 Å². The van der Waals surface area contributed by atoms with Gasteiger partial charge in [-0.15, -0.1) is 0 Å². The second-order valence-corrected chi connectivity index (χ2v) is 7.71. The van der Waals surface area contributed by atoms with Gasteiger partial charge in [-0.1, -0.05) is 26.8 Å². The minimum Gasteiger partial charge on any atom is -0.355 e. The number of aromatic nitrogens is 1. The zero-order chi connectivity index (χ0) is 20.8. The van der Waals surface area contributed by atoms with Crippen molar-refractivity contribution < 1.29 is 4.39 Å². The number of piperazine rings is 1. The van der Waals surface area contributed by atoms with Gasteiger partial charge in [0.2, 0.25) is 0 Å². The molecule has 0 amide bonds. The lowest BCUT2D eigenvalue weighted by Gasteiger charge is -2.40. The fraction of sp³-hybridized carbons (Fsp3) is 0.636. The molecule has 6 nitrogen and oxygen atoms in total. The van der Waals surface area contributed by atoms with Gasteiger partial charge in [-0.2, -0.15) is 0 Å². The highest BCUT2D eigenvalue weighted by Crippen LogP contribution is 2.36. The summed E-state index contributed by atoms with van der Waals surface area (Å²) in [5.41, 5.74) is 2.02. The summed E-state index contributed by atoms with van der Waals surface area (Å²) in [7, 11) is 0. The van der Waals surface area contributed by atoms with Gasteiger partial charge in [0.15, 0.2) is 12.1 Å². The summed E-state index contributed by atoms with van der Waals surface area (Å²) in [5, 5.41) is 3.00. The van der Waals surface area contributed by atoms with Crippen LogP contribution in [-0.2, 0) is 6.42 Å². The van der Waals surface area contributed by atoms with Gasteiger partial charge >= 0.3 is 0 Å². The maximum Gasteiger partial charge on any atom is 0.251 e. The highest BCUT2D eigenvalue weighted by atomic mass is 19.1. The van der Waals surface area contributed by atoms with E-state index in [2.05, 4.69) is 31.2 Å². The molecule has 1 saturated heterocycles. The summed E-state index contributed by atoms with van der Waals surface area (Å²) in [6.07, 6.45) is 6.71. The molecule has 2 fully saturated rings. The van der Waals surface area contributed by atoms with Crippen molar-refractivity contribution in [1.29, 1.82) is 0 Å². The predicted octanol–water partition coefficient (Wildman–Crippen LogP) is 2.99. The first kappa shape index (κ1) is 21.7. The van der Waals surface area contributed by atoms with E-state index in [1.807, 2.05) is 26.8 Å². The summed E-state index contributed by atoms with van der Waals surface area (Å²) in [4.78, 5) is 24.3. The van der Waals surface area contributed by atoms with Gasteiger partial charge in [0.05, 0.1) is 6.21 Å². The van der Waals surface area contributed by atoms with Gasteiger partial charge in [0.1, 0.15) is 0 Å².